The lowest BCUT2D eigenvalue weighted by atomic mass is 9.99. The SMILES string of the molecule is CCCNC(COCC)C(C)CCOC. The number of hydrogen-bond donors (Lipinski definition) is 1. The Morgan fingerprint density at radius 1 is 1.27 bits per heavy atom. The van der Waals surface area contributed by atoms with Crippen LogP contribution in [-0.2, 0) is 9.47 Å². The van der Waals surface area contributed by atoms with Crippen LogP contribution in [0.3, 0.4) is 0 Å². The van der Waals surface area contributed by atoms with Gasteiger partial charge in [-0.2, -0.15) is 0 Å². The first-order valence-corrected chi connectivity index (χ1v) is 6.06. The predicted molar refractivity (Wildman–Crippen MR) is 64.2 cm³/mol. The summed E-state index contributed by atoms with van der Waals surface area (Å²) in [5, 5.41) is 3.53. The van der Waals surface area contributed by atoms with Crippen LogP contribution in [0.4, 0.5) is 0 Å². The molecule has 0 aromatic carbocycles. The molecule has 0 radical (unpaired) electrons. The highest BCUT2D eigenvalue weighted by Gasteiger charge is 2.16. The summed E-state index contributed by atoms with van der Waals surface area (Å²) in [6.07, 6.45) is 2.25. The van der Waals surface area contributed by atoms with Crippen LogP contribution in [-0.4, -0.2) is 39.5 Å². The van der Waals surface area contributed by atoms with Crippen molar-refractivity contribution in [2.45, 2.75) is 39.7 Å². The fourth-order valence-corrected chi connectivity index (χ4v) is 1.50. The van der Waals surface area contributed by atoms with Gasteiger partial charge in [-0.1, -0.05) is 13.8 Å². The van der Waals surface area contributed by atoms with E-state index in [1.807, 2.05) is 6.92 Å². The van der Waals surface area contributed by atoms with Crippen LogP contribution in [0.5, 0.6) is 0 Å². The Kier molecular flexibility index (Phi) is 10.3. The molecular weight excluding hydrogens is 190 g/mol. The molecule has 0 aliphatic heterocycles. The van der Waals surface area contributed by atoms with E-state index in [1.165, 1.54) is 6.42 Å². The van der Waals surface area contributed by atoms with Crippen molar-refractivity contribution in [3.05, 3.63) is 0 Å². The molecule has 0 amide bonds. The second-order valence-corrected chi connectivity index (χ2v) is 3.98. The molecule has 15 heavy (non-hydrogen) atoms. The molecule has 3 nitrogen and oxygen atoms in total. The Labute approximate surface area is 94.5 Å². The normalized spacial score (nSPS) is 15.2. The van der Waals surface area contributed by atoms with Crippen molar-refractivity contribution in [1.82, 2.24) is 5.32 Å². The lowest BCUT2D eigenvalue weighted by molar-refractivity contribution is 0.0943. The molecule has 2 unspecified atom stereocenters. The maximum Gasteiger partial charge on any atom is 0.0622 e. The summed E-state index contributed by atoms with van der Waals surface area (Å²) in [6, 6.07) is 0.458. The van der Waals surface area contributed by atoms with E-state index in [0.717, 1.165) is 32.8 Å². The minimum absolute atomic E-state index is 0.458. The Bertz CT molecular complexity index is 123. The number of rotatable bonds is 10. The predicted octanol–water partition coefficient (Wildman–Crippen LogP) is 2.06. The van der Waals surface area contributed by atoms with E-state index in [-0.39, 0.29) is 0 Å². The summed E-state index contributed by atoms with van der Waals surface area (Å²) in [5.41, 5.74) is 0. The van der Waals surface area contributed by atoms with Gasteiger partial charge in [-0.05, 0) is 32.2 Å². The lowest BCUT2D eigenvalue weighted by Gasteiger charge is -2.24. The van der Waals surface area contributed by atoms with Gasteiger partial charge in [0.05, 0.1) is 6.61 Å². The van der Waals surface area contributed by atoms with Crippen LogP contribution in [0.2, 0.25) is 0 Å². The Morgan fingerprint density at radius 2 is 2.00 bits per heavy atom. The van der Waals surface area contributed by atoms with Crippen molar-refractivity contribution < 1.29 is 9.47 Å². The third-order valence-electron chi connectivity index (χ3n) is 2.62. The zero-order valence-corrected chi connectivity index (χ0v) is 10.7. The van der Waals surface area contributed by atoms with E-state index in [4.69, 9.17) is 9.47 Å². The van der Waals surface area contributed by atoms with E-state index in [9.17, 15) is 0 Å². The van der Waals surface area contributed by atoms with Gasteiger partial charge in [0.15, 0.2) is 0 Å². The average Bonchev–Trinajstić information content (AvgIpc) is 2.26. The summed E-state index contributed by atoms with van der Waals surface area (Å²) in [6.45, 7) is 9.97. The number of nitrogens with one attached hydrogen (secondary N) is 1. The van der Waals surface area contributed by atoms with Gasteiger partial charge in [0.2, 0.25) is 0 Å². The molecular formula is C12H27NO2. The average molecular weight is 217 g/mol. The van der Waals surface area contributed by atoms with Gasteiger partial charge in [0.25, 0.3) is 0 Å². The Morgan fingerprint density at radius 3 is 2.53 bits per heavy atom. The number of methoxy groups -OCH3 is 1. The minimum atomic E-state index is 0.458. The van der Waals surface area contributed by atoms with Crippen LogP contribution in [0.1, 0.15) is 33.6 Å². The summed E-state index contributed by atoms with van der Waals surface area (Å²) in [5.74, 6) is 0.600. The number of ether oxygens (including phenoxy) is 2. The molecule has 0 heterocycles. The molecule has 0 aliphatic rings. The second-order valence-electron chi connectivity index (χ2n) is 3.98. The van der Waals surface area contributed by atoms with Crippen LogP contribution >= 0.6 is 0 Å². The van der Waals surface area contributed by atoms with Gasteiger partial charge in [0.1, 0.15) is 0 Å². The summed E-state index contributed by atoms with van der Waals surface area (Å²) >= 11 is 0. The monoisotopic (exact) mass is 217 g/mol. The van der Waals surface area contributed by atoms with E-state index >= 15 is 0 Å². The quantitative estimate of drug-likeness (QED) is 0.607. The molecule has 2 atom stereocenters. The molecule has 0 fully saturated rings. The lowest BCUT2D eigenvalue weighted by Crippen LogP contribution is -2.39. The van der Waals surface area contributed by atoms with Gasteiger partial charge < -0.3 is 14.8 Å². The van der Waals surface area contributed by atoms with Crippen molar-refractivity contribution in [3.63, 3.8) is 0 Å². The first-order chi connectivity index (χ1) is 7.26. The van der Waals surface area contributed by atoms with Gasteiger partial charge in [-0.25, -0.2) is 0 Å². The maximum atomic E-state index is 5.49. The molecule has 0 aromatic heterocycles. The van der Waals surface area contributed by atoms with Crippen molar-refractivity contribution >= 4 is 0 Å². The highest BCUT2D eigenvalue weighted by Crippen LogP contribution is 2.09. The highest BCUT2D eigenvalue weighted by atomic mass is 16.5. The molecule has 92 valence electrons. The van der Waals surface area contributed by atoms with Crippen molar-refractivity contribution in [1.29, 1.82) is 0 Å². The summed E-state index contributed by atoms with van der Waals surface area (Å²) in [7, 11) is 1.75. The van der Waals surface area contributed by atoms with E-state index in [2.05, 4.69) is 19.2 Å². The fraction of sp³-hybridized carbons (Fsp3) is 1.00. The molecule has 3 heteroatoms. The Balaban J connectivity index is 3.84. The second kappa shape index (κ2) is 10.4. The van der Waals surface area contributed by atoms with Crippen LogP contribution in [0.25, 0.3) is 0 Å². The standard InChI is InChI=1S/C12H27NO2/c1-5-8-13-12(10-15-6-2)11(3)7-9-14-4/h11-13H,5-10H2,1-4H3. The van der Waals surface area contributed by atoms with Gasteiger partial charge >= 0.3 is 0 Å². The summed E-state index contributed by atoms with van der Waals surface area (Å²) < 4.78 is 10.6. The van der Waals surface area contributed by atoms with E-state index in [1.54, 1.807) is 7.11 Å². The van der Waals surface area contributed by atoms with Crippen LogP contribution in [0.15, 0.2) is 0 Å². The molecule has 0 saturated heterocycles. The van der Waals surface area contributed by atoms with Crippen molar-refractivity contribution in [3.8, 4) is 0 Å². The van der Waals surface area contributed by atoms with Gasteiger partial charge in [0, 0.05) is 26.4 Å². The zero-order valence-electron chi connectivity index (χ0n) is 10.7. The molecule has 0 aromatic rings. The fourth-order valence-electron chi connectivity index (χ4n) is 1.50. The largest absolute Gasteiger partial charge is 0.385 e. The molecule has 0 rings (SSSR count). The van der Waals surface area contributed by atoms with Gasteiger partial charge in [-0.15, -0.1) is 0 Å². The number of hydrogen-bond acceptors (Lipinski definition) is 3. The first kappa shape index (κ1) is 14.9. The first-order valence-electron chi connectivity index (χ1n) is 6.06. The molecule has 1 N–H and O–H groups in total. The molecule has 0 saturated carbocycles. The van der Waals surface area contributed by atoms with Crippen molar-refractivity contribution in [2.75, 3.05) is 33.5 Å². The van der Waals surface area contributed by atoms with Crippen molar-refractivity contribution in [2.24, 2.45) is 5.92 Å². The molecule has 0 spiro atoms. The maximum absolute atomic E-state index is 5.49. The van der Waals surface area contributed by atoms with Gasteiger partial charge in [-0.3, -0.25) is 0 Å². The molecule has 0 aliphatic carbocycles. The third-order valence-corrected chi connectivity index (χ3v) is 2.62. The minimum Gasteiger partial charge on any atom is -0.385 e. The topological polar surface area (TPSA) is 30.5 Å². The molecule has 0 bridgehead atoms. The van der Waals surface area contributed by atoms with Crippen LogP contribution in [0, 0.1) is 5.92 Å². The smallest absolute Gasteiger partial charge is 0.0622 e. The zero-order chi connectivity index (χ0) is 11.5. The Hall–Kier alpha value is -0.120. The third kappa shape index (κ3) is 7.77. The van der Waals surface area contributed by atoms with E-state index < -0.39 is 0 Å². The van der Waals surface area contributed by atoms with E-state index in [0.29, 0.717) is 12.0 Å². The summed E-state index contributed by atoms with van der Waals surface area (Å²) in [4.78, 5) is 0. The van der Waals surface area contributed by atoms with Crippen LogP contribution < -0.4 is 5.32 Å². The highest BCUT2D eigenvalue weighted by molar-refractivity contribution is 4.72.